The van der Waals surface area contributed by atoms with Crippen LogP contribution in [-0.2, 0) is 13.7 Å². The summed E-state index contributed by atoms with van der Waals surface area (Å²) in [5.74, 6) is -0.0566. The average molecular weight is 370 g/mol. The Balaban J connectivity index is 2.11. The first kappa shape index (κ1) is 16.4. The third kappa shape index (κ3) is 2.51. The van der Waals surface area contributed by atoms with Crippen LogP contribution in [0.4, 0.5) is 0 Å². The van der Waals surface area contributed by atoms with Gasteiger partial charge in [-0.1, -0.05) is 54.6 Å². The van der Waals surface area contributed by atoms with E-state index >= 15 is 0 Å². The maximum atomic E-state index is 12.6. The van der Waals surface area contributed by atoms with Crippen molar-refractivity contribution in [3.8, 4) is 11.1 Å². The molecule has 0 aromatic heterocycles. The van der Waals surface area contributed by atoms with Gasteiger partial charge in [0.2, 0.25) is 0 Å². The monoisotopic (exact) mass is 370 g/mol. The maximum absolute atomic E-state index is 12.6. The Morgan fingerprint density at radius 1 is 0.760 bits per heavy atom. The molecule has 0 unspecified atom stereocenters. The summed E-state index contributed by atoms with van der Waals surface area (Å²) in [6.07, 6.45) is 0. The molecule has 0 atom stereocenters. The minimum atomic E-state index is -3.66. The van der Waals surface area contributed by atoms with Crippen LogP contribution in [0.2, 0.25) is 0 Å². The van der Waals surface area contributed by atoms with E-state index in [2.05, 4.69) is 0 Å². The zero-order valence-corrected chi connectivity index (χ0v) is 15.4. The molecule has 5 heteroatoms. The first-order valence-electron chi connectivity index (χ1n) is 8.09. The highest BCUT2D eigenvalue weighted by atomic mass is 32.3. The molecule has 3 aromatic carbocycles. The van der Waals surface area contributed by atoms with Crippen molar-refractivity contribution in [1.82, 2.24) is 0 Å². The van der Waals surface area contributed by atoms with Gasteiger partial charge in [-0.25, -0.2) is 3.63 Å². The topological polar surface area (TPSA) is 43.4 Å². The lowest BCUT2D eigenvalue weighted by molar-refractivity contribution is 0.510. The van der Waals surface area contributed by atoms with Crippen molar-refractivity contribution in [2.75, 3.05) is 5.75 Å². The number of rotatable bonds is 4. The summed E-state index contributed by atoms with van der Waals surface area (Å²) in [5, 5.41) is 0. The van der Waals surface area contributed by atoms with Crippen molar-refractivity contribution in [2.45, 2.75) is 21.6 Å². The van der Waals surface area contributed by atoms with Crippen molar-refractivity contribution in [1.29, 1.82) is 0 Å². The van der Waals surface area contributed by atoms with E-state index in [4.69, 9.17) is 3.63 Å². The lowest BCUT2D eigenvalue weighted by atomic mass is 10.1. The van der Waals surface area contributed by atoms with Gasteiger partial charge >= 0.3 is 0 Å². The largest absolute Gasteiger partial charge is 0.277 e. The molecule has 128 valence electrons. The molecule has 0 fully saturated rings. The van der Waals surface area contributed by atoms with Crippen molar-refractivity contribution < 1.29 is 12.0 Å². The van der Waals surface area contributed by atoms with Crippen molar-refractivity contribution >= 4 is 20.4 Å². The van der Waals surface area contributed by atoms with Crippen LogP contribution in [-0.4, -0.2) is 14.2 Å². The van der Waals surface area contributed by atoms with Crippen LogP contribution >= 0.6 is 10.3 Å². The number of hydrogen-bond donors (Lipinski definition) is 0. The van der Waals surface area contributed by atoms with Crippen LogP contribution in [0.15, 0.2) is 93.5 Å². The van der Waals surface area contributed by atoms with Gasteiger partial charge in [0.1, 0.15) is 0 Å². The molecule has 0 spiro atoms. The molecule has 0 saturated heterocycles. The molecule has 1 aliphatic heterocycles. The Morgan fingerprint density at radius 3 is 1.76 bits per heavy atom. The second-order valence-electron chi connectivity index (χ2n) is 5.78. The Labute approximate surface area is 149 Å². The van der Waals surface area contributed by atoms with Crippen LogP contribution in [0, 0.1) is 0 Å². The van der Waals surface area contributed by atoms with Crippen molar-refractivity contribution in [2.24, 2.45) is 0 Å². The molecule has 0 bridgehead atoms. The van der Waals surface area contributed by atoms with Gasteiger partial charge in [-0.05, 0) is 52.6 Å². The standard InChI is InChI=1S/C20H18O3S2/c1-2-24(21,22)23-25(16-10-4-3-5-11-16)19-14-8-6-12-17(19)18-13-7-9-15-20(18)25/h3-15H,2H2,1H3. The first-order chi connectivity index (χ1) is 12.1. The summed E-state index contributed by atoms with van der Waals surface area (Å²) < 4.78 is 31.1. The van der Waals surface area contributed by atoms with Gasteiger partial charge in [0, 0.05) is 14.7 Å². The van der Waals surface area contributed by atoms with Gasteiger partial charge in [-0.2, -0.15) is 8.42 Å². The fourth-order valence-electron chi connectivity index (χ4n) is 3.18. The zero-order valence-electron chi connectivity index (χ0n) is 13.8. The maximum Gasteiger partial charge on any atom is 0.277 e. The molecule has 3 aromatic rings. The number of hydrogen-bond acceptors (Lipinski definition) is 3. The van der Waals surface area contributed by atoms with Gasteiger partial charge in [0.25, 0.3) is 10.1 Å². The zero-order chi connectivity index (χ0) is 17.5. The molecule has 1 aliphatic rings. The molecular formula is C20H18O3S2. The van der Waals surface area contributed by atoms with Crippen LogP contribution < -0.4 is 0 Å². The quantitative estimate of drug-likeness (QED) is 0.631. The summed E-state index contributed by atoms with van der Waals surface area (Å²) in [6.45, 7) is 1.61. The predicted molar refractivity (Wildman–Crippen MR) is 101 cm³/mol. The van der Waals surface area contributed by atoms with E-state index in [1.54, 1.807) is 6.92 Å². The third-order valence-corrected chi connectivity index (χ3v) is 9.56. The second-order valence-corrected chi connectivity index (χ2v) is 10.5. The molecule has 1 heterocycles. The van der Waals surface area contributed by atoms with Gasteiger partial charge in [0.05, 0.1) is 5.75 Å². The summed E-state index contributed by atoms with van der Waals surface area (Å²) in [5.41, 5.74) is 2.09. The Kier molecular flexibility index (Phi) is 3.95. The van der Waals surface area contributed by atoms with Crippen LogP contribution in [0.3, 0.4) is 0 Å². The van der Waals surface area contributed by atoms with E-state index in [-0.39, 0.29) is 5.75 Å². The van der Waals surface area contributed by atoms with Crippen LogP contribution in [0.25, 0.3) is 11.1 Å². The van der Waals surface area contributed by atoms with E-state index < -0.39 is 20.4 Å². The molecule has 25 heavy (non-hydrogen) atoms. The minimum Gasteiger partial charge on any atom is -0.207 e. The van der Waals surface area contributed by atoms with E-state index in [1.807, 2.05) is 78.9 Å². The van der Waals surface area contributed by atoms with Crippen molar-refractivity contribution in [3.05, 3.63) is 78.9 Å². The average Bonchev–Trinajstić information content (AvgIpc) is 2.94. The van der Waals surface area contributed by atoms with E-state index in [9.17, 15) is 8.42 Å². The summed E-state index contributed by atoms with van der Waals surface area (Å²) in [6, 6.07) is 25.6. The smallest absolute Gasteiger partial charge is 0.207 e. The van der Waals surface area contributed by atoms with Gasteiger partial charge in [-0.15, -0.1) is 0 Å². The van der Waals surface area contributed by atoms with Gasteiger partial charge in [-0.3, -0.25) is 0 Å². The van der Waals surface area contributed by atoms with E-state index in [0.29, 0.717) is 0 Å². The fourth-order valence-corrected chi connectivity index (χ4v) is 8.51. The summed E-state index contributed by atoms with van der Waals surface area (Å²) in [7, 11) is -5.97. The number of benzene rings is 3. The highest BCUT2D eigenvalue weighted by Crippen LogP contribution is 2.76. The van der Waals surface area contributed by atoms with E-state index in [0.717, 1.165) is 25.8 Å². The lowest BCUT2D eigenvalue weighted by Gasteiger charge is -2.36. The molecule has 0 N–H and O–H groups in total. The summed E-state index contributed by atoms with van der Waals surface area (Å²) in [4.78, 5) is 2.78. The minimum absolute atomic E-state index is 0.0566. The highest BCUT2D eigenvalue weighted by molar-refractivity contribution is 8.33. The molecular weight excluding hydrogens is 352 g/mol. The SMILES string of the molecule is CCS(=O)(=O)OS1(c2ccccc2)c2ccccc2-c2ccccc21. The molecule has 0 saturated carbocycles. The highest BCUT2D eigenvalue weighted by Gasteiger charge is 2.44. The molecule has 0 amide bonds. The second kappa shape index (κ2) is 6.02. The third-order valence-electron chi connectivity index (χ3n) is 4.32. The molecule has 3 nitrogen and oxygen atoms in total. The van der Waals surface area contributed by atoms with Crippen LogP contribution in [0.1, 0.15) is 6.92 Å². The molecule has 0 radical (unpaired) electrons. The lowest BCUT2D eigenvalue weighted by Crippen LogP contribution is -2.14. The Bertz CT molecular complexity index is 982. The predicted octanol–water partition coefficient (Wildman–Crippen LogP) is 5.23. The molecule has 0 aliphatic carbocycles. The van der Waals surface area contributed by atoms with Gasteiger partial charge in [0.15, 0.2) is 0 Å². The van der Waals surface area contributed by atoms with Crippen LogP contribution in [0.5, 0.6) is 0 Å². The normalized spacial score (nSPS) is 16.0. The first-order valence-corrected chi connectivity index (χ1v) is 11.2. The Morgan fingerprint density at radius 2 is 1.24 bits per heavy atom. The van der Waals surface area contributed by atoms with Crippen molar-refractivity contribution in [3.63, 3.8) is 0 Å². The summed E-state index contributed by atoms with van der Waals surface area (Å²) >= 11 is 0. The number of fused-ring (bicyclic) bond motifs is 3. The van der Waals surface area contributed by atoms with Gasteiger partial charge < -0.3 is 0 Å². The fraction of sp³-hybridized carbons (Fsp3) is 0.100. The Hall–Kier alpha value is -2.08. The van der Waals surface area contributed by atoms with E-state index in [1.165, 1.54) is 0 Å². The molecule has 4 rings (SSSR count).